The summed E-state index contributed by atoms with van der Waals surface area (Å²) in [5.74, 6) is -5.68. The predicted octanol–water partition coefficient (Wildman–Crippen LogP) is 9.96. The van der Waals surface area contributed by atoms with E-state index in [9.17, 15) is 35.1 Å². The van der Waals surface area contributed by atoms with Gasteiger partial charge in [-0.3, -0.25) is 9.59 Å². The van der Waals surface area contributed by atoms with E-state index in [4.69, 9.17) is 9.84 Å². The number of hydrogen-bond donors (Lipinski definition) is 6. The van der Waals surface area contributed by atoms with Crippen LogP contribution in [0.2, 0.25) is 0 Å². The molecule has 1 heterocycles. The molecule has 0 aromatic rings. The molecule has 10 heteroatoms. The molecule has 2 rings (SSSR count). The van der Waals surface area contributed by atoms with E-state index in [-0.39, 0.29) is 49.9 Å². The van der Waals surface area contributed by atoms with Crippen LogP contribution in [0, 0.1) is 17.3 Å². The molecule has 10 nitrogen and oxygen atoms in total. The summed E-state index contributed by atoms with van der Waals surface area (Å²) in [6.45, 7) is 8.80. The zero-order valence-corrected chi connectivity index (χ0v) is 35.9. The number of aliphatic carboxylic acids is 1. The van der Waals surface area contributed by atoms with Gasteiger partial charge in [0.1, 0.15) is 6.10 Å². The maximum atomic E-state index is 13.2. The van der Waals surface area contributed by atoms with Gasteiger partial charge in [-0.2, -0.15) is 0 Å². The number of aliphatic hydroxyl groups excluding tert-OH is 1. The van der Waals surface area contributed by atoms with Gasteiger partial charge in [0.05, 0.1) is 11.8 Å². The lowest BCUT2D eigenvalue weighted by Crippen LogP contribution is -2.68. The average Bonchev–Trinajstić information content (AvgIpc) is 3.50. The minimum atomic E-state index is -2.38. The second-order valence-electron chi connectivity index (χ2n) is 17.3. The number of carbonyl (C=O) groups excluding carboxylic acids is 1. The lowest BCUT2D eigenvalue weighted by atomic mass is 9.73. The number of carbonyl (C=O) groups is 2. The number of aliphatic hydroxyl groups is 5. The Labute approximate surface area is 336 Å². The van der Waals surface area contributed by atoms with Gasteiger partial charge in [0.25, 0.3) is 0 Å². The molecule has 2 fully saturated rings. The normalized spacial score (nSPS) is 19.8. The second-order valence-corrected chi connectivity index (χ2v) is 17.3. The summed E-state index contributed by atoms with van der Waals surface area (Å²) in [7, 11) is 0. The number of piperidine rings is 1. The third-order valence-corrected chi connectivity index (χ3v) is 12.1. The number of likely N-dealkylation sites (tertiary alicyclic amines) is 1. The SMILES string of the molecule is CCCCCCCCC(CCCCCC)C(=O)O.CCCCCCCCC(CCCCCC)C(=O)OC1CCC2(C1)CC(O)(O)N(CCCCO)C(O)(O)C2. The van der Waals surface area contributed by atoms with Gasteiger partial charge in [0.15, 0.2) is 0 Å². The highest BCUT2D eigenvalue weighted by Gasteiger charge is 2.60. The van der Waals surface area contributed by atoms with Crippen molar-refractivity contribution in [2.75, 3.05) is 13.2 Å². The fourth-order valence-corrected chi connectivity index (χ4v) is 8.87. The van der Waals surface area contributed by atoms with Crippen LogP contribution in [0.5, 0.6) is 0 Å². The number of hydrogen-bond acceptors (Lipinski definition) is 9. The molecule has 3 unspecified atom stereocenters. The first-order valence-corrected chi connectivity index (χ1v) is 23.0. The van der Waals surface area contributed by atoms with Crippen LogP contribution in [-0.2, 0) is 14.3 Å². The molecular weight excluding hydrogens is 698 g/mol. The molecule has 55 heavy (non-hydrogen) atoms. The second kappa shape index (κ2) is 29.8. The van der Waals surface area contributed by atoms with E-state index in [2.05, 4.69) is 27.7 Å². The summed E-state index contributed by atoms with van der Waals surface area (Å²) in [6.07, 6.45) is 29.2. The van der Waals surface area contributed by atoms with Gasteiger partial charge in [-0.1, -0.05) is 156 Å². The van der Waals surface area contributed by atoms with E-state index in [1.807, 2.05) is 0 Å². The molecule has 3 atom stereocenters. The predicted molar refractivity (Wildman–Crippen MR) is 221 cm³/mol. The summed E-state index contributed by atoms with van der Waals surface area (Å²) in [4.78, 5) is 25.2. The highest BCUT2D eigenvalue weighted by Crippen LogP contribution is 2.54. The Morgan fingerprint density at radius 3 is 1.42 bits per heavy atom. The lowest BCUT2D eigenvalue weighted by Gasteiger charge is -2.53. The fourth-order valence-electron chi connectivity index (χ4n) is 8.87. The van der Waals surface area contributed by atoms with Crippen molar-refractivity contribution in [1.29, 1.82) is 0 Å². The quantitative estimate of drug-likeness (QED) is 0.0226. The van der Waals surface area contributed by atoms with Crippen LogP contribution in [0.1, 0.15) is 227 Å². The van der Waals surface area contributed by atoms with Crippen molar-refractivity contribution in [3.05, 3.63) is 0 Å². The highest BCUT2D eigenvalue weighted by molar-refractivity contribution is 5.72. The summed E-state index contributed by atoms with van der Waals surface area (Å²) >= 11 is 0. The van der Waals surface area contributed by atoms with Crippen LogP contribution in [0.15, 0.2) is 0 Å². The minimum Gasteiger partial charge on any atom is -0.481 e. The number of carboxylic acids is 1. The summed E-state index contributed by atoms with van der Waals surface area (Å²) in [6, 6.07) is 0. The van der Waals surface area contributed by atoms with Gasteiger partial charge in [-0.05, 0) is 63.2 Å². The van der Waals surface area contributed by atoms with Crippen molar-refractivity contribution in [2.45, 2.75) is 245 Å². The molecule has 2 aliphatic rings. The van der Waals surface area contributed by atoms with Gasteiger partial charge in [0.2, 0.25) is 11.8 Å². The number of carboxylic acid groups (broad SMARTS) is 1. The molecular formula is C45H87NO9. The third-order valence-electron chi connectivity index (χ3n) is 12.1. The highest BCUT2D eigenvalue weighted by atomic mass is 16.6. The van der Waals surface area contributed by atoms with Crippen molar-refractivity contribution < 1.29 is 45.0 Å². The molecule has 326 valence electrons. The van der Waals surface area contributed by atoms with E-state index >= 15 is 0 Å². The number of unbranched alkanes of at least 4 members (excludes halogenated alkanes) is 17. The molecule has 0 bridgehead atoms. The molecule has 6 N–H and O–H groups in total. The van der Waals surface area contributed by atoms with E-state index in [0.717, 1.165) is 75.5 Å². The first-order chi connectivity index (χ1) is 26.3. The van der Waals surface area contributed by atoms with Crippen LogP contribution in [0.25, 0.3) is 0 Å². The number of rotatable bonds is 31. The van der Waals surface area contributed by atoms with Crippen LogP contribution in [0.4, 0.5) is 0 Å². The molecule has 0 amide bonds. The number of nitrogens with zero attached hydrogens (tertiary/aromatic N) is 1. The van der Waals surface area contributed by atoms with Crippen molar-refractivity contribution in [3.8, 4) is 0 Å². The van der Waals surface area contributed by atoms with E-state index in [0.29, 0.717) is 32.1 Å². The Kier molecular flexibility index (Phi) is 28.1. The maximum Gasteiger partial charge on any atom is 0.309 e. The molecule has 0 radical (unpaired) electrons. The van der Waals surface area contributed by atoms with Crippen molar-refractivity contribution >= 4 is 11.9 Å². The van der Waals surface area contributed by atoms with Crippen LogP contribution < -0.4 is 0 Å². The molecule has 1 saturated heterocycles. The topological polar surface area (TPSA) is 168 Å². The first-order valence-electron chi connectivity index (χ1n) is 23.0. The Bertz CT molecular complexity index is 956. The summed E-state index contributed by atoms with van der Waals surface area (Å²) < 4.78 is 5.99. The molecule has 1 aliphatic heterocycles. The van der Waals surface area contributed by atoms with Crippen molar-refractivity contribution in [2.24, 2.45) is 17.3 Å². The molecule has 0 aromatic heterocycles. The number of ether oxygens (including phenoxy) is 1. The van der Waals surface area contributed by atoms with Gasteiger partial charge in [0, 0.05) is 26.0 Å². The lowest BCUT2D eigenvalue weighted by molar-refractivity contribution is -0.423. The van der Waals surface area contributed by atoms with E-state index < -0.39 is 23.2 Å². The van der Waals surface area contributed by atoms with Crippen LogP contribution in [0.3, 0.4) is 0 Å². The summed E-state index contributed by atoms with van der Waals surface area (Å²) in [5.41, 5.74) is -0.721. The monoisotopic (exact) mass is 786 g/mol. The zero-order valence-electron chi connectivity index (χ0n) is 35.9. The Hall–Kier alpha value is -1.30. The van der Waals surface area contributed by atoms with Gasteiger partial charge in [-0.25, -0.2) is 4.90 Å². The first kappa shape index (κ1) is 51.7. The van der Waals surface area contributed by atoms with Gasteiger partial charge in [-0.15, -0.1) is 0 Å². The smallest absolute Gasteiger partial charge is 0.309 e. The minimum absolute atomic E-state index is 0.0335. The van der Waals surface area contributed by atoms with E-state index in [1.54, 1.807) is 0 Å². The Morgan fingerprint density at radius 1 is 0.600 bits per heavy atom. The van der Waals surface area contributed by atoms with Gasteiger partial charge < -0.3 is 35.4 Å². The maximum absolute atomic E-state index is 13.2. The van der Waals surface area contributed by atoms with Crippen LogP contribution in [-0.4, -0.2) is 78.6 Å². The van der Waals surface area contributed by atoms with Crippen molar-refractivity contribution in [1.82, 2.24) is 4.90 Å². The van der Waals surface area contributed by atoms with Crippen molar-refractivity contribution in [3.63, 3.8) is 0 Å². The molecule has 1 saturated carbocycles. The average molecular weight is 786 g/mol. The molecule has 1 aliphatic carbocycles. The molecule has 0 aromatic carbocycles. The Morgan fingerprint density at radius 2 is 1.00 bits per heavy atom. The fraction of sp³-hybridized carbons (Fsp3) is 0.956. The largest absolute Gasteiger partial charge is 0.481 e. The summed E-state index contributed by atoms with van der Waals surface area (Å²) in [5, 5.41) is 61.2. The standard InChI is InChI=1S/C29H55NO7.C16H32O2/c1-3-5-7-9-10-12-16-24(15-11-8-6-4-2)26(32)37-25-17-18-27(21-25)22-28(33,34)30(19-13-14-20-31)29(35,36)23-27;1-3-5-7-9-10-12-14-15(16(17)18)13-11-8-6-4-2/h24-25,31,33-36H,3-23H2,1-2H3;15H,3-14H2,1-2H3,(H,17,18). The third kappa shape index (κ3) is 21.9. The van der Waals surface area contributed by atoms with E-state index in [1.165, 1.54) is 83.5 Å². The molecule has 1 spiro atoms. The Balaban J connectivity index is 0.000000707. The van der Waals surface area contributed by atoms with Crippen LogP contribution >= 0.6 is 0 Å². The van der Waals surface area contributed by atoms with Gasteiger partial charge >= 0.3 is 11.9 Å². The zero-order chi connectivity index (χ0) is 41.0. The number of esters is 1.